The van der Waals surface area contributed by atoms with E-state index in [2.05, 4.69) is 4.57 Å². The maximum atomic E-state index is 13.2. The Hall–Kier alpha value is -0.845. The quantitative estimate of drug-likeness (QED) is 0.578. The monoisotopic (exact) mass is 194 g/mol. The van der Waals surface area contributed by atoms with Crippen LogP contribution in [0.15, 0.2) is 18.2 Å². The van der Waals surface area contributed by atoms with Crippen molar-refractivity contribution in [3.63, 3.8) is 0 Å². The van der Waals surface area contributed by atoms with E-state index in [1.54, 1.807) is 0 Å². The number of halogens is 2. The molecule has 1 heterocycles. The highest BCUT2D eigenvalue weighted by Gasteiger charge is 2.30. The van der Waals surface area contributed by atoms with Gasteiger partial charge in [-0.15, -0.1) is 0 Å². The lowest BCUT2D eigenvalue weighted by Crippen LogP contribution is -2.46. The molecular formula is C6H3B3F2O3. The van der Waals surface area contributed by atoms with E-state index >= 15 is 0 Å². The third-order valence-electron chi connectivity index (χ3n) is 1.70. The van der Waals surface area contributed by atoms with Crippen LogP contribution in [0, 0.1) is 11.6 Å². The van der Waals surface area contributed by atoms with E-state index in [0.29, 0.717) is 0 Å². The first-order chi connectivity index (χ1) is 6.79. The standard InChI is InChI=1S/C6H3B3F2O3/c10-5-3-1-2-4(6(5)11)9-13-7-12-8-14-9/h1-3H. The van der Waals surface area contributed by atoms with Gasteiger partial charge >= 0.3 is 22.5 Å². The van der Waals surface area contributed by atoms with Gasteiger partial charge in [-0.25, -0.2) is 8.78 Å². The van der Waals surface area contributed by atoms with Gasteiger partial charge in [0.1, 0.15) is 0 Å². The second-order valence-electron chi connectivity index (χ2n) is 2.58. The van der Waals surface area contributed by atoms with Crippen LogP contribution in [0.4, 0.5) is 8.78 Å². The van der Waals surface area contributed by atoms with Gasteiger partial charge in [-0.2, -0.15) is 0 Å². The molecule has 1 fully saturated rings. The van der Waals surface area contributed by atoms with E-state index in [1.807, 2.05) is 0 Å². The molecule has 0 aromatic heterocycles. The van der Waals surface area contributed by atoms with E-state index < -0.39 is 18.8 Å². The lowest BCUT2D eigenvalue weighted by atomic mass is 9.75. The molecule has 0 aliphatic carbocycles. The van der Waals surface area contributed by atoms with Crippen LogP contribution in [0.3, 0.4) is 0 Å². The highest BCUT2D eigenvalue weighted by molar-refractivity contribution is 6.71. The minimum Gasteiger partial charge on any atom is -0.457 e. The topological polar surface area (TPSA) is 27.7 Å². The van der Waals surface area contributed by atoms with Crippen LogP contribution in [0.5, 0.6) is 0 Å². The first kappa shape index (κ1) is 9.70. The maximum absolute atomic E-state index is 13.2. The normalized spacial score (nSPS) is 16.0. The predicted molar refractivity (Wildman–Crippen MR) is 46.5 cm³/mol. The van der Waals surface area contributed by atoms with Crippen LogP contribution in [0.2, 0.25) is 0 Å². The van der Waals surface area contributed by atoms with Gasteiger partial charge in [0.25, 0.3) is 0 Å². The molecule has 1 aliphatic rings. The highest BCUT2D eigenvalue weighted by Crippen LogP contribution is 2.05. The van der Waals surface area contributed by atoms with Gasteiger partial charge in [-0.3, -0.25) is 0 Å². The van der Waals surface area contributed by atoms with Crippen molar-refractivity contribution in [1.82, 2.24) is 0 Å². The molecule has 1 aromatic carbocycles. The fourth-order valence-corrected chi connectivity index (χ4v) is 1.07. The Bertz CT molecular complexity index is 332. The largest absolute Gasteiger partial charge is 0.468 e. The van der Waals surface area contributed by atoms with Crippen LogP contribution in [0.25, 0.3) is 0 Å². The Labute approximate surface area is 81.1 Å². The van der Waals surface area contributed by atoms with Crippen molar-refractivity contribution in [2.75, 3.05) is 0 Å². The van der Waals surface area contributed by atoms with Crippen molar-refractivity contribution >= 4 is 28.0 Å². The van der Waals surface area contributed by atoms with E-state index in [9.17, 15) is 8.78 Å². The summed E-state index contributed by atoms with van der Waals surface area (Å²) < 4.78 is 40.0. The fraction of sp³-hybridized carbons (Fsp3) is 0. The molecular weight excluding hydrogens is 190 g/mol. The van der Waals surface area contributed by atoms with Crippen molar-refractivity contribution in [2.24, 2.45) is 0 Å². The molecule has 1 aromatic rings. The van der Waals surface area contributed by atoms with E-state index in [1.165, 1.54) is 12.1 Å². The molecule has 3 nitrogen and oxygen atoms in total. The van der Waals surface area contributed by atoms with Crippen molar-refractivity contribution < 1.29 is 22.5 Å². The predicted octanol–water partition coefficient (Wildman–Crippen LogP) is -0.208. The van der Waals surface area contributed by atoms with Crippen molar-refractivity contribution in [2.45, 2.75) is 0 Å². The second kappa shape index (κ2) is 4.12. The van der Waals surface area contributed by atoms with Crippen molar-refractivity contribution in [3.8, 4) is 0 Å². The van der Waals surface area contributed by atoms with Crippen LogP contribution in [0.1, 0.15) is 0 Å². The van der Waals surface area contributed by atoms with Gasteiger partial charge in [0.2, 0.25) is 0 Å². The first-order valence-electron chi connectivity index (χ1n) is 3.82. The highest BCUT2D eigenvalue weighted by atomic mass is 19.2. The van der Waals surface area contributed by atoms with Crippen LogP contribution in [-0.2, 0) is 13.7 Å². The molecule has 0 N–H and O–H groups in total. The Balaban J connectivity index is 2.26. The Morgan fingerprint density at radius 2 is 1.86 bits per heavy atom. The molecule has 1 saturated heterocycles. The third-order valence-corrected chi connectivity index (χ3v) is 1.70. The number of rotatable bonds is 1. The van der Waals surface area contributed by atoms with Crippen LogP contribution < -0.4 is 5.46 Å². The van der Waals surface area contributed by atoms with Gasteiger partial charge in [0.05, 0.1) is 0 Å². The summed E-state index contributed by atoms with van der Waals surface area (Å²) in [6.45, 7) is 0. The summed E-state index contributed by atoms with van der Waals surface area (Å²) in [7, 11) is 0.969. The van der Waals surface area contributed by atoms with Crippen LogP contribution >= 0.6 is 0 Å². The first-order valence-corrected chi connectivity index (χ1v) is 3.82. The smallest absolute Gasteiger partial charge is 0.457 e. The lowest BCUT2D eigenvalue weighted by Gasteiger charge is -2.18. The third kappa shape index (κ3) is 1.82. The zero-order valence-corrected chi connectivity index (χ0v) is 6.94. The summed E-state index contributed by atoms with van der Waals surface area (Å²) in [6.07, 6.45) is 0. The summed E-state index contributed by atoms with van der Waals surface area (Å²) >= 11 is 0. The molecule has 0 unspecified atom stereocenters. The average molecular weight is 194 g/mol. The molecule has 2 radical (unpaired) electrons. The summed E-state index contributed by atoms with van der Waals surface area (Å²) in [5.41, 5.74) is -0.0131. The van der Waals surface area contributed by atoms with Crippen molar-refractivity contribution in [1.29, 1.82) is 0 Å². The van der Waals surface area contributed by atoms with E-state index in [0.717, 1.165) is 21.4 Å². The molecule has 0 spiro atoms. The zero-order valence-electron chi connectivity index (χ0n) is 6.94. The molecule has 0 bridgehead atoms. The van der Waals surface area contributed by atoms with Gasteiger partial charge in [0.15, 0.2) is 11.6 Å². The van der Waals surface area contributed by atoms with Crippen molar-refractivity contribution in [3.05, 3.63) is 29.8 Å². The lowest BCUT2D eigenvalue weighted by molar-refractivity contribution is 0.332. The molecule has 0 atom stereocenters. The molecule has 68 valence electrons. The Morgan fingerprint density at radius 1 is 1.14 bits per heavy atom. The van der Waals surface area contributed by atoms with E-state index in [-0.39, 0.29) is 5.46 Å². The molecule has 8 heteroatoms. The molecule has 1 aliphatic heterocycles. The Kier molecular flexibility index (Phi) is 2.86. The Morgan fingerprint density at radius 3 is 2.57 bits per heavy atom. The second-order valence-corrected chi connectivity index (χ2v) is 2.58. The number of hydrogen-bond acceptors (Lipinski definition) is 3. The molecule has 0 amide bonds. The molecule has 2 rings (SSSR count). The molecule has 14 heavy (non-hydrogen) atoms. The summed E-state index contributed by atoms with van der Waals surface area (Å²) in [4.78, 5) is 0. The van der Waals surface area contributed by atoms with Crippen LogP contribution in [-0.4, -0.2) is 22.5 Å². The average Bonchev–Trinajstić information content (AvgIpc) is 2.23. The summed E-state index contributed by atoms with van der Waals surface area (Å²) in [6, 6.07) is 3.76. The number of benzene rings is 1. The SMILES string of the molecule is Fc1cccc(B2O[B]O[B]O2)c1F. The van der Waals surface area contributed by atoms with Gasteiger partial charge in [-0.05, 0) is 6.07 Å². The minimum atomic E-state index is -1.00. The minimum absolute atomic E-state index is 0.0131. The maximum Gasteiger partial charge on any atom is 0.468 e. The number of hydrogen-bond donors (Lipinski definition) is 0. The fourth-order valence-electron chi connectivity index (χ4n) is 1.07. The summed E-state index contributed by atoms with van der Waals surface area (Å²) in [5, 5.41) is 0. The zero-order chi connectivity index (χ0) is 9.97. The van der Waals surface area contributed by atoms with Gasteiger partial charge in [0, 0.05) is 5.46 Å². The molecule has 0 saturated carbocycles. The van der Waals surface area contributed by atoms with Gasteiger partial charge < -0.3 is 13.7 Å². The summed E-state index contributed by atoms with van der Waals surface area (Å²) in [5.74, 6) is -1.93. The van der Waals surface area contributed by atoms with Gasteiger partial charge in [-0.1, -0.05) is 12.1 Å². The van der Waals surface area contributed by atoms with E-state index in [4.69, 9.17) is 9.14 Å².